The largest absolute Gasteiger partial charge is 0.480 e. The van der Waals surface area contributed by atoms with E-state index in [1.54, 1.807) is 7.05 Å². The number of carbonyl (C=O) groups is 1. The van der Waals surface area contributed by atoms with Crippen molar-refractivity contribution >= 4 is 11.7 Å². The van der Waals surface area contributed by atoms with E-state index in [9.17, 15) is 4.79 Å². The number of rotatable bonds is 5. The number of nitrogens with zero attached hydrogens (tertiary/aromatic N) is 1. The lowest BCUT2D eigenvalue weighted by molar-refractivity contribution is -0.139. The molecule has 0 spiro atoms. The predicted molar refractivity (Wildman–Crippen MR) is 76.7 cm³/mol. The van der Waals surface area contributed by atoms with Crippen molar-refractivity contribution in [3.05, 3.63) is 29.8 Å². The van der Waals surface area contributed by atoms with Gasteiger partial charge in [-0.25, -0.2) is 0 Å². The molecule has 2 N–H and O–H groups in total. The molecule has 0 saturated heterocycles. The molecule has 0 amide bonds. The number of carboxylic acid groups (broad SMARTS) is 1. The van der Waals surface area contributed by atoms with Crippen LogP contribution in [0.15, 0.2) is 24.3 Å². The number of likely N-dealkylation sites (N-methyl/N-ethyl adjacent to an activating group) is 1. The van der Waals surface area contributed by atoms with E-state index in [-0.39, 0.29) is 0 Å². The normalized spacial score (nSPS) is 16.6. The van der Waals surface area contributed by atoms with E-state index >= 15 is 0 Å². The van der Waals surface area contributed by atoms with Crippen LogP contribution in [0, 0.1) is 0 Å². The van der Waals surface area contributed by atoms with Gasteiger partial charge in [0, 0.05) is 18.8 Å². The lowest BCUT2D eigenvalue weighted by Crippen LogP contribution is -2.38. The molecule has 1 atom stereocenters. The van der Waals surface area contributed by atoms with Crippen LogP contribution >= 0.6 is 0 Å². The number of fused-ring (bicyclic) bond motifs is 1. The first-order valence-electron chi connectivity index (χ1n) is 6.95. The molecule has 4 heteroatoms. The van der Waals surface area contributed by atoms with Crippen molar-refractivity contribution in [3.8, 4) is 0 Å². The molecule has 0 aliphatic carbocycles. The third-order valence-electron chi connectivity index (χ3n) is 3.79. The number of para-hydroxylation sites is 1. The maximum Gasteiger partial charge on any atom is 0.320 e. The van der Waals surface area contributed by atoms with Crippen LogP contribution in [-0.2, 0) is 11.2 Å². The Hall–Kier alpha value is -1.55. The van der Waals surface area contributed by atoms with Gasteiger partial charge in [-0.3, -0.25) is 4.79 Å². The van der Waals surface area contributed by atoms with Crippen LogP contribution in [0.4, 0.5) is 5.69 Å². The van der Waals surface area contributed by atoms with E-state index in [0.717, 1.165) is 19.5 Å². The zero-order chi connectivity index (χ0) is 13.7. The lowest BCUT2D eigenvalue weighted by atomic mass is 10.1. The van der Waals surface area contributed by atoms with Gasteiger partial charge in [0.05, 0.1) is 0 Å². The highest BCUT2D eigenvalue weighted by molar-refractivity contribution is 5.73. The molecular weight excluding hydrogens is 240 g/mol. The molecule has 19 heavy (non-hydrogen) atoms. The molecule has 0 aromatic heterocycles. The van der Waals surface area contributed by atoms with Gasteiger partial charge >= 0.3 is 5.97 Å². The van der Waals surface area contributed by atoms with Gasteiger partial charge in [0.15, 0.2) is 0 Å². The smallest absolute Gasteiger partial charge is 0.320 e. The topological polar surface area (TPSA) is 52.6 Å². The summed E-state index contributed by atoms with van der Waals surface area (Å²) in [6, 6.07) is 8.01. The minimum absolute atomic E-state index is 0.463. The van der Waals surface area contributed by atoms with Crippen LogP contribution in [-0.4, -0.2) is 37.3 Å². The predicted octanol–water partition coefficient (Wildman–Crippen LogP) is 1.89. The molecular formula is C15H22N2O2. The van der Waals surface area contributed by atoms with E-state index in [4.69, 9.17) is 5.11 Å². The van der Waals surface area contributed by atoms with Gasteiger partial charge in [0.1, 0.15) is 6.04 Å². The molecule has 4 nitrogen and oxygen atoms in total. The molecule has 1 aromatic rings. The number of benzene rings is 1. The third kappa shape index (κ3) is 3.47. The maximum atomic E-state index is 11.0. The van der Waals surface area contributed by atoms with Gasteiger partial charge in [0.2, 0.25) is 0 Å². The van der Waals surface area contributed by atoms with Crippen LogP contribution in [0.3, 0.4) is 0 Å². The first kappa shape index (κ1) is 13.9. The summed E-state index contributed by atoms with van der Waals surface area (Å²) in [5.74, 6) is -0.773. The number of carboxylic acids is 1. The van der Waals surface area contributed by atoms with Crippen molar-refractivity contribution in [1.29, 1.82) is 0 Å². The van der Waals surface area contributed by atoms with E-state index in [0.29, 0.717) is 6.42 Å². The van der Waals surface area contributed by atoms with Crippen LogP contribution in [0.1, 0.15) is 24.8 Å². The number of hydrogen-bond donors (Lipinski definition) is 2. The number of nitrogens with one attached hydrogen (secondary N) is 1. The molecule has 104 valence electrons. The van der Waals surface area contributed by atoms with Crippen molar-refractivity contribution in [1.82, 2.24) is 5.32 Å². The molecule has 0 fully saturated rings. The highest BCUT2D eigenvalue weighted by Crippen LogP contribution is 2.26. The van der Waals surface area contributed by atoms with Crippen molar-refractivity contribution in [3.63, 3.8) is 0 Å². The molecule has 1 aliphatic rings. The average molecular weight is 262 g/mol. The van der Waals surface area contributed by atoms with E-state index in [1.807, 2.05) is 0 Å². The second kappa shape index (κ2) is 6.57. The van der Waals surface area contributed by atoms with Gasteiger partial charge < -0.3 is 15.3 Å². The Balaban J connectivity index is 2.05. The van der Waals surface area contributed by atoms with Gasteiger partial charge in [-0.05, 0) is 44.4 Å². The Kier molecular flexibility index (Phi) is 4.80. The van der Waals surface area contributed by atoms with Crippen molar-refractivity contribution in [2.45, 2.75) is 31.7 Å². The average Bonchev–Trinajstić information content (AvgIpc) is 2.62. The number of hydrogen-bond acceptors (Lipinski definition) is 3. The van der Waals surface area contributed by atoms with Crippen LogP contribution in [0.2, 0.25) is 0 Å². The Bertz CT molecular complexity index is 434. The van der Waals surface area contributed by atoms with Crippen molar-refractivity contribution in [2.75, 3.05) is 25.0 Å². The fourth-order valence-corrected chi connectivity index (χ4v) is 2.68. The van der Waals surface area contributed by atoms with Gasteiger partial charge in [-0.2, -0.15) is 0 Å². The molecule has 1 aliphatic heterocycles. The van der Waals surface area contributed by atoms with E-state index < -0.39 is 12.0 Å². The van der Waals surface area contributed by atoms with E-state index in [1.165, 1.54) is 24.1 Å². The molecule has 1 aromatic carbocycles. The highest BCUT2D eigenvalue weighted by atomic mass is 16.4. The SMILES string of the molecule is CNC(CCN1CCCCc2ccccc21)C(=O)O. The van der Waals surface area contributed by atoms with Crippen LogP contribution < -0.4 is 10.2 Å². The summed E-state index contributed by atoms with van der Waals surface area (Å²) in [6.07, 6.45) is 4.13. The number of aryl methyl sites for hydroxylation is 1. The molecule has 0 radical (unpaired) electrons. The van der Waals surface area contributed by atoms with Crippen LogP contribution in [0.5, 0.6) is 0 Å². The molecule has 1 unspecified atom stereocenters. The number of anilines is 1. The van der Waals surface area contributed by atoms with Crippen LogP contribution in [0.25, 0.3) is 0 Å². The summed E-state index contributed by atoms with van der Waals surface area (Å²) in [5, 5.41) is 11.9. The second-order valence-corrected chi connectivity index (χ2v) is 5.04. The Labute approximate surface area is 114 Å². The molecule has 1 heterocycles. The van der Waals surface area contributed by atoms with Gasteiger partial charge in [-0.1, -0.05) is 18.2 Å². The molecule has 0 bridgehead atoms. The maximum absolute atomic E-state index is 11.0. The minimum Gasteiger partial charge on any atom is -0.480 e. The monoisotopic (exact) mass is 262 g/mol. The fraction of sp³-hybridized carbons (Fsp3) is 0.533. The summed E-state index contributed by atoms with van der Waals surface area (Å²) in [5.41, 5.74) is 2.66. The summed E-state index contributed by atoms with van der Waals surface area (Å²) in [6.45, 7) is 1.81. The van der Waals surface area contributed by atoms with Gasteiger partial charge in [-0.15, -0.1) is 0 Å². The summed E-state index contributed by atoms with van der Waals surface area (Å²) < 4.78 is 0. The summed E-state index contributed by atoms with van der Waals surface area (Å²) in [4.78, 5) is 13.4. The molecule has 2 rings (SSSR count). The third-order valence-corrected chi connectivity index (χ3v) is 3.79. The highest BCUT2D eigenvalue weighted by Gasteiger charge is 2.19. The summed E-state index contributed by atoms with van der Waals surface area (Å²) >= 11 is 0. The van der Waals surface area contributed by atoms with E-state index in [2.05, 4.69) is 34.5 Å². The Morgan fingerprint density at radius 2 is 2.21 bits per heavy atom. The lowest BCUT2D eigenvalue weighted by Gasteiger charge is -2.26. The first-order valence-corrected chi connectivity index (χ1v) is 6.95. The first-order chi connectivity index (χ1) is 9.22. The number of aliphatic carboxylic acids is 1. The Morgan fingerprint density at radius 3 is 2.95 bits per heavy atom. The molecule has 0 saturated carbocycles. The Morgan fingerprint density at radius 1 is 1.42 bits per heavy atom. The van der Waals surface area contributed by atoms with Crippen molar-refractivity contribution < 1.29 is 9.90 Å². The van der Waals surface area contributed by atoms with Crippen molar-refractivity contribution in [2.24, 2.45) is 0 Å². The zero-order valence-electron chi connectivity index (χ0n) is 11.4. The van der Waals surface area contributed by atoms with Gasteiger partial charge in [0.25, 0.3) is 0 Å². The summed E-state index contributed by atoms with van der Waals surface area (Å²) in [7, 11) is 1.70. The second-order valence-electron chi connectivity index (χ2n) is 5.04. The quantitative estimate of drug-likeness (QED) is 0.851. The fourth-order valence-electron chi connectivity index (χ4n) is 2.68. The minimum atomic E-state index is -0.773. The zero-order valence-corrected chi connectivity index (χ0v) is 11.4. The standard InChI is InChI=1S/C15H22N2O2/c1-16-13(15(18)19)9-11-17-10-5-4-7-12-6-2-3-8-14(12)17/h2-3,6,8,13,16H,4-5,7,9-11H2,1H3,(H,18,19).